The van der Waals surface area contributed by atoms with E-state index in [1.807, 2.05) is 25.1 Å². The predicted octanol–water partition coefficient (Wildman–Crippen LogP) is 1.98. The normalized spacial score (nSPS) is 10.3. The standard InChI is InChI=1S/C11H13N3O/c1-7-3-4-8(10(5-7)15-2)9-6-13-11(12)14-9/h3-6H,1-2H3,(H3,12,13,14). The molecule has 0 aliphatic heterocycles. The highest BCUT2D eigenvalue weighted by Gasteiger charge is 2.07. The number of nitrogens with zero attached hydrogens (tertiary/aromatic N) is 1. The molecule has 0 aliphatic carbocycles. The maximum absolute atomic E-state index is 5.53. The Morgan fingerprint density at radius 3 is 2.80 bits per heavy atom. The van der Waals surface area contributed by atoms with Crippen LogP contribution in [-0.4, -0.2) is 17.1 Å². The van der Waals surface area contributed by atoms with Gasteiger partial charge in [0.15, 0.2) is 5.95 Å². The molecular formula is C11H13N3O. The molecule has 1 aromatic heterocycles. The fourth-order valence-corrected chi connectivity index (χ4v) is 1.49. The topological polar surface area (TPSA) is 63.9 Å². The molecule has 15 heavy (non-hydrogen) atoms. The van der Waals surface area contributed by atoms with Crippen LogP contribution in [0.25, 0.3) is 11.3 Å². The molecule has 0 bridgehead atoms. The third-order valence-electron chi connectivity index (χ3n) is 2.24. The van der Waals surface area contributed by atoms with Crippen LogP contribution in [0, 0.1) is 6.92 Å². The number of methoxy groups -OCH3 is 1. The Kier molecular flexibility index (Phi) is 2.33. The number of hydrogen-bond donors (Lipinski definition) is 2. The number of anilines is 1. The molecule has 0 atom stereocenters. The van der Waals surface area contributed by atoms with Crippen LogP contribution >= 0.6 is 0 Å². The van der Waals surface area contributed by atoms with Crippen molar-refractivity contribution in [2.45, 2.75) is 6.92 Å². The van der Waals surface area contributed by atoms with Gasteiger partial charge in [-0.2, -0.15) is 0 Å². The van der Waals surface area contributed by atoms with E-state index in [1.54, 1.807) is 13.3 Å². The minimum atomic E-state index is 0.410. The molecule has 0 saturated carbocycles. The number of rotatable bonds is 2. The van der Waals surface area contributed by atoms with Crippen molar-refractivity contribution in [1.29, 1.82) is 0 Å². The maximum atomic E-state index is 5.53. The number of imidazole rings is 1. The smallest absolute Gasteiger partial charge is 0.197 e. The highest BCUT2D eigenvalue weighted by molar-refractivity contribution is 5.68. The summed E-state index contributed by atoms with van der Waals surface area (Å²) in [5, 5.41) is 0. The number of aromatic amines is 1. The van der Waals surface area contributed by atoms with Gasteiger partial charge >= 0.3 is 0 Å². The van der Waals surface area contributed by atoms with Crippen molar-refractivity contribution in [2.24, 2.45) is 0 Å². The Labute approximate surface area is 88.1 Å². The summed E-state index contributed by atoms with van der Waals surface area (Å²) in [6.07, 6.45) is 1.70. The second-order valence-corrected chi connectivity index (χ2v) is 3.39. The maximum Gasteiger partial charge on any atom is 0.197 e. The fourth-order valence-electron chi connectivity index (χ4n) is 1.49. The molecule has 0 aliphatic rings. The summed E-state index contributed by atoms with van der Waals surface area (Å²) in [4.78, 5) is 6.93. The average Bonchev–Trinajstić information content (AvgIpc) is 2.64. The van der Waals surface area contributed by atoms with Gasteiger partial charge in [0.05, 0.1) is 19.0 Å². The number of hydrogen-bond acceptors (Lipinski definition) is 3. The molecule has 4 nitrogen and oxygen atoms in total. The zero-order valence-corrected chi connectivity index (χ0v) is 8.74. The lowest BCUT2D eigenvalue weighted by molar-refractivity contribution is 0.416. The van der Waals surface area contributed by atoms with Crippen molar-refractivity contribution in [3.8, 4) is 17.0 Å². The predicted molar refractivity (Wildman–Crippen MR) is 59.7 cm³/mol. The Balaban J connectivity index is 2.52. The highest BCUT2D eigenvalue weighted by Crippen LogP contribution is 2.29. The van der Waals surface area contributed by atoms with Crippen LogP contribution in [0.5, 0.6) is 5.75 Å². The van der Waals surface area contributed by atoms with Crippen LogP contribution in [0.1, 0.15) is 5.56 Å². The molecule has 0 spiro atoms. The third kappa shape index (κ3) is 1.79. The largest absolute Gasteiger partial charge is 0.496 e. The van der Waals surface area contributed by atoms with Crippen LogP contribution in [-0.2, 0) is 0 Å². The summed E-state index contributed by atoms with van der Waals surface area (Å²) >= 11 is 0. The van der Waals surface area contributed by atoms with Gasteiger partial charge in [-0.3, -0.25) is 0 Å². The first-order chi connectivity index (χ1) is 7.20. The van der Waals surface area contributed by atoms with E-state index in [0.717, 1.165) is 22.6 Å². The number of ether oxygens (including phenoxy) is 1. The molecule has 1 heterocycles. The van der Waals surface area contributed by atoms with Gasteiger partial charge in [-0.1, -0.05) is 6.07 Å². The van der Waals surface area contributed by atoms with Gasteiger partial charge < -0.3 is 15.5 Å². The molecule has 0 radical (unpaired) electrons. The Morgan fingerprint density at radius 1 is 1.40 bits per heavy atom. The molecule has 0 unspecified atom stereocenters. The number of nitrogens with one attached hydrogen (secondary N) is 1. The monoisotopic (exact) mass is 203 g/mol. The van der Waals surface area contributed by atoms with E-state index in [9.17, 15) is 0 Å². The summed E-state index contributed by atoms with van der Waals surface area (Å²) < 4.78 is 5.30. The summed E-state index contributed by atoms with van der Waals surface area (Å²) in [7, 11) is 1.65. The summed E-state index contributed by atoms with van der Waals surface area (Å²) in [5.74, 6) is 1.23. The quantitative estimate of drug-likeness (QED) is 0.784. The van der Waals surface area contributed by atoms with Crippen LogP contribution in [0.15, 0.2) is 24.4 Å². The molecule has 2 rings (SSSR count). The van der Waals surface area contributed by atoms with Crippen molar-refractivity contribution in [1.82, 2.24) is 9.97 Å². The van der Waals surface area contributed by atoms with Crippen molar-refractivity contribution in [3.63, 3.8) is 0 Å². The van der Waals surface area contributed by atoms with Crippen LogP contribution < -0.4 is 10.5 Å². The number of H-pyrrole nitrogens is 1. The summed E-state index contributed by atoms with van der Waals surface area (Å²) in [6, 6.07) is 5.99. The number of nitrogen functional groups attached to an aromatic ring is 1. The van der Waals surface area contributed by atoms with Crippen molar-refractivity contribution < 1.29 is 4.74 Å². The summed E-state index contributed by atoms with van der Waals surface area (Å²) in [5.41, 5.74) is 8.52. The van der Waals surface area contributed by atoms with Crippen molar-refractivity contribution >= 4 is 5.95 Å². The van der Waals surface area contributed by atoms with Crippen molar-refractivity contribution in [2.75, 3.05) is 12.8 Å². The molecule has 3 N–H and O–H groups in total. The zero-order valence-electron chi connectivity index (χ0n) is 8.74. The first kappa shape index (κ1) is 9.58. The van der Waals surface area contributed by atoms with Crippen molar-refractivity contribution in [3.05, 3.63) is 30.0 Å². The minimum absolute atomic E-state index is 0.410. The van der Waals surface area contributed by atoms with Crippen LogP contribution in [0.3, 0.4) is 0 Å². The van der Waals surface area contributed by atoms with E-state index in [0.29, 0.717) is 5.95 Å². The molecular weight excluding hydrogens is 190 g/mol. The lowest BCUT2D eigenvalue weighted by atomic mass is 10.1. The molecule has 0 amide bonds. The Bertz CT molecular complexity index is 476. The van der Waals surface area contributed by atoms with E-state index in [-0.39, 0.29) is 0 Å². The zero-order chi connectivity index (χ0) is 10.8. The second kappa shape index (κ2) is 3.65. The number of aryl methyl sites for hydroxylation is 1. The summed E-state index contributed by atoms with van der Waals surface area (Å²) in [6.45, 7) is 2.02. The first-order valence-electron chi connectivity index (χ1n) is 4.66. The SMILES string of the molecule is COc1cc(C)ccc1-c1cnc(N)[nH]1. The van der Waals surface area contributed by atoms with E-state index < -0.39 is 0 Å². The van der Waals surface area contributed by atoms with E-state index in [1.165, 1.54) is 0 Å². The van der Waals surface area contributed by atoms with E-state index >= 15 is 0 Å². The minimum Gasteiger partial charge on any atom is -0.496 e. The first-order valence-corrected chi connectivity index (χ1v) is 4.66. The molecule has 1 aromatic carbocycles. The lowest BCUT2D eigenvalue weighted by Gasteiger charge is -2.07. The number of aromatic nitrogens is 2. The van der Waals surface area contributed by atoms with Crippen LogP contribution in [0.2, 0.25) is 0 Å². The highest BCUT2D eigenvalue weighted by atomic mass is 16.5. The number of benzene rings is 1. The van der Waals surface area contributed by atoms with Gasteiger partial charge in [0.1, 0.15) is 5.75 Å². The van der Waals surface area contributed by atoms with Gasteiger partial charge in [-0.15, -0.1) is 0 Å². The Morgan fingerprint density at radius 2 is 2.20 bits per heavy atom. The van der Waals surface area contributed by atoms with Gasteiger partial charge in [0, 0.05) is 5.56 Å². The third-order valence-corrected chi connectivity index (χ3v) is 2.24. The van der Waals surface area contributed by atoms with Gasteiger partial charge in [-0.05, 0) is 24.6 Å². The van der Waals surface area contributed by atoms with E-state index in [2.05, 4.69) is 9.97 Å². The fraction of sp³-hybridized carbons (Fsp3) is 0.182. The Hall–Kier alpha value is -1.97. The molecule has 4 heteroatoms. The lowest BCUT2D eigenvalue weighted by Crippen LogP contribution is -1.90. The van der Waals surface area contributed by atoms with Gasteiger partial charge in [0.25, 0.3) is 0 Å². The second-order valence-electron chi connectivity index (χ2n) is 3.39. The average molecular weight is 203 g/mol. The molecule has 0 fully saturated rings. The molecule has 78 valence electrons. The molecule has 0 saturated heterocycles. The van der Waals surface area contributed by atoms with Gasteiger partial charge in [0.2, 0.25) is 0 Å². The van der Waals surface area contributed by atoms with Gasteiger partial charge in [-0.25, -0.2) is 4.98 Å². The number of nitrogens with two attached hydrogens (primary N) is 1. The molecule has 2 aromatic rings. The van der Waals surface area contributed by atoms with E-state index in [4.69, 9.17) is 10.5 Å². The van der Waals surface area contributed by atoms with Crippen LogP contribution in [0.4, 0.5) is 5.95 Å².